The van der Waals surface area contributed by atoms with E-state index >= 15 is 0 Å². The number of carbonyl (C=O) groups is 1. The van der Waals surface area contributed by atoms with Crippen LogP contribution in [-0.2, 0) is 4.79 Å². The normalized spacial score (nSPS) is 13.0. The highest BCUT2D eigenvalue weighted by molar-refractivity contribution is 9.09. The molecule has 0 amide bonds. The third-order valence-electron chi connectivity index (χ3n) is 1.15. The van der Waals surface area contributed by atoms with Crippen LogP contribution in [0.4, 0.5) is 0 Å². The van der Waals surface area contributed by atoms with E-state index in [2.05, 4.69) is 15.9 Å². The first-order valence-corrected chi connectivity index (χ1v) is 3.81. The van der Waals surface area contributed by atoms with Gasteiger partial charge in [0.2, 0.25) is 0 Å². The maximum atomic E-state index is 10.7. The van der Waals surface area contributed by atoms with E-state index in [1.54, 1.807) is 18.4 Å². The molecule has 1 unspecified atom stereocenters. The molecule has 0 bridgehead atoms. The fourth-order valence-electron chi connectivity index (χ4n) is 0.636. The van der Waals surface area contributed by atoms with Gasteiger partial charge in [-0.2, -0.15) is 0 Å². The van der Waals surface area contributed by atoms with Crippen LogP contribution in [0.2, 0.25) is 0 Å². The van der Waals surface area contributed by atoms with Gasteiger partial charge in [-0.3, -0.25) is 4.79 Å². The lowest BCUT2D eigenvalue weighted by Crippen LogP contribution is -1.98. The molecule has 1 atom stereocenters. The molecule has 0 spiro atoms. The topological polar surface area (TPSA) is 30.2 Å². The molecular weight excluding hydrogens is 196 g/mol. The van der Waals surface area contributed by atoms with Crippen molar-refractivity contribution in [1.29, 1.82) is 0 Å². The van der Waals surface area contributed by atoms with Crippen LogP contribution < -0.4 is 0 Å². The third kappa shape index (κ3) is 1.48. The summed E-state index contributed by atoms with van der Waals surface area (Å²) in [7, 11) is 0. The minimum Gasteiger partial charge on any atom is -0.468 e. The molecule has 1 aromatic heterocycles. The highest BCUT2D eigenvalue weighted by Crippen LogP contribution is 2.23. The van der Waals surface area contributed by atoms with Crippen molar-refractivity contribution < 1.29 is 9.21 Å². The van der Waals surface area contributed by atoms with E-state index in [1.165, 1.54) is 6.92 Å². The Kier molecular flexibility index (Phi) is 2.27. The van der Waals surface area contributed by atoms with Gasteiger partial charge in [-0.05, 0) is 19.1 Å². The largest absolute Gasteiger partial charge is 0.468 e. The predicted molar refractivity (Wildman–Crippen MR) is 41.1 cm³/mol. The second-order valence-electron chi connectivity index (χ2n) is 1.99. The number of hydrogen-bond donors (Lipinski definition) is 0. The Bertz CT molecular complexity index is 216. The van der Waals surface area contributed by atoms with Crippen molar-refractivity contribution >= 4 is 21.7 Å². The highest BCUT2D eigenvalue weighted by Gasteiger charge is 2.14. The summed E-state index contributed by atoms with van der Waals surface area (Å²) in [6, 6.07) is 3.52. The molecule has 0 saturated carbocycles. The van der Waals surface area contributed by atoms with E-state index in [0.29, 0.717) is 5.76 Å². The van der Waals surface area contributed by atoms with Crippen molar-refractivity contribution in [1.82, 2.24) is 0 Å². The summed E-state index contributed by atoms with van der Waals surface area (Å²) in [6.07, 6.45) is 1.55. The minimum absolute atomic E-state index is 0.0509. The zero-order valence-electron chi connectivity index (χ0n) is 5.50. The van der Waals surface area contributed by atoms with Gasteiger partial charge >= 0.3 is 0 Å². The number of halogens is 1. The minimum atomic E-state index is -0.289. The summed E-state index contributed by atoms with van der Waals surface area (Å²) >= 11 is 3.19. The number of hydrogen-bond acceptors (Lipinski definition) is 2. The van der Waals surface area contributed by atoms with Crippen LogP contribution in [0.15, 0.2) is 22.8 Å². The van der Waals surface area contributed by atoms with Crippen molar-refractivity contribution in [2.24, 2.45) is 0 Å². The summed E-state index contributed by atoms with van der Waals surface area (Å²) in [6.45, 7) is 1.52. The molecule has 0 aliphatic heterocycles. The Morgan fingerprint density at radius 2 is 2.50 bits per heavy atom. The highest BCUT2D eigenvalue weighted by atomic mass is 79.9. The van der Waals surface area contributed by atoms with E-state index in [1.807, 2.05) is 0 Å². The Labute approximate surface area is 67.3 Å². The van der Waals surface area contributed by atoms with Crippen LogP contribution in [0.5, 0.6) is 0 Å². The van der Waals surface area contributed by atoms with Crippen LogP contribution in [0.1, 0.15) is 17.5 Å². The maximum Gasteiger partial charge on any atom is 0.151 e. The molecule has 54 valence electrons. The van der Waals surface area contributed by atoms with Gasteiger partial charge in [-0.15, -0.1) is 0 Å². The lowest BCUT2D eigenvalue weighted by atomic mass is 10.2. The molecule has 1 rings (SSSR count). The van der Waals surface area contributed by atoms with Crippen molar-refractivity contribution in [3.05, 3.63) is 24.2 Å². The molecule has 2 nitrogen and oxygen atoms in total. The SMILES string of the molecule is CC(=O)C(Br)c1ccco1. The van der Waals surface area contributed by atoms with Gasteiger partial charge in [0.15, 0.2) is 5.78 Å². The zero-order chi connectivity index (χ0) is 7.56. The third-order valence-corrected chi connectivity index (χ3v) is 2.25. The summed E-state index contributed by atoms with van der Waals surface area (Å²) in [4.78, 5) is 10.4. The van der Waals surface area contributed by atoms with Gasteiger partial charge in [0.1, 0.15) is 10.6 Å². The van der Waals surface area contributed by atoms with E-state index < -0.39 is 0 Å². The molecule has 0 radical (unpaired) electrons. The average molecular weight is 203 g/mol. The zero-order valence-corrected chi connectivity index (χ0v) is 7.09. The van der Waals surface area contributed by atoms with Crippen LogP contribution in [0.3, 0.4) is 0 Å². The fraction of sp³-hybridized carbons (Fsp3) is 0.286. The second-order valence-corrected chi connectivity index (χ2v) is 2.90. The van der Waals surface area contributed by atoms with Gasteiger partial charge in [-0.25, -0.2) is 0 Å². The molecule has 10 heavy (non-hydrogen) atoms. The van der Waals surface area contributed by atoms with E-state index in [0.717, 1.165) is 0 Å². The standard InChI is InChI=1S/C7H7BrO2/c1-5(9)7(8)6-3-2-4-10-6/h2-4,7H,1H3. The predicted octanol–water partition coefficient (Wildman–Crippen LogP) is 2.30. The van der Waals surface area contributed by atoms with Crippen LogP contribution in [0.25, 0.3) is 0 Å². The average Bonchev–Trinajstić information content (AvgIpc) is 2.36. The van der Waals surface area contributed by atoms with Crippen molar-refractivity contribution in [3.63, 3.8) is 0 Å². The van der Waals surface area contributed by atoms with Crippen molar-refractivity contribution in [2.45, 2.75) is 11.8 Å². The number of carbonyl (C=O) groups excluding carboxylic acids is 1. The summed E-state index contributed by atoms with van der Waals surface area (Å²) < 4.78 is 4.99. The van der Waals surface area contributed by atoms with Crippen LogP contribution in [-0.4, -0.2) is 5.78 Å². The lowest BCUT2D eigenvalue weighted by Gasteiger charge is -1.98. The van der Waals surface area contributed by atoms with Crippen molar-refractivity contribution in [2.75, 3.05) is 0 Å². The number of furan rings is 1. The molecule has 0 fully saturated rings. The maximum absolute atomic E-state index is 10.7. The number of Topliss-reactive ketones (excluding diaryl/α,β-unsaturated/α-hetero) is 1. The number of rotatable bonds is 2. The molecule has 0 aliphatic rings. The molecule has 0 aromatic carbocycles. The summed E-state index contributed by atoms with van der Waals surface area (Å²) in [5.74, 6) is 0.711. The van der Waals surface area contributed by atoms with Crippen LogP contribution in [0, 0.1) is 0 Å². The number of alkyl halides is 1. The van der Waals surface area contributed by atoms with E-state index in [4.69, 9.17) is 4.42 Å². The Balaban J connectivity index is 2.77. The monoisotopic (exact) mass is 202 g/mol. The molecule has 0 aliphatic carbocycles. The van der Waals surface area contributed by atoms with E-state index in [9.17, 15) is 4.79 Å². The summed E-state index contributed by atoms with van der Waals surface area (Å²) in [5.41, 5.74) is 0. The lowest BCUT2D eigenvalue weighted by molar-refractivity contribution is -0.116. The Hall–Kier alpha value is -0.570. The first kappa shape index (κ1) is 7.54. The second kappa shape index (κ2) is 3.01. The van der Waals surface area contributed by atoms with Gasteiger partial charge in [-0.1, -0.05) is 15.9 Å². The van der Waals surface area contributed by atoms with Crippen molar-refractivity contribution in [3.8, 4) is 0 Å². The number of ketones is 1. The van der Waals surface area contributed by atoms with Crippen LogP contribution >= 0.6 is 15.9 Å². The molecular formula is C7H7BrO2. The quantitative estimate of drug-likeness (QED) is 0.690. The van der Waals surface area contributed by atoms with Gasteiger partial charge in [0.25, 0.3) is 0 Å². The fourth-order valence-corrected chi connectivity index (χ4v) is 0.896. The molecule has 0 N–H and O–H groups in total. The first-order chi connectivity index (χ1) is 4.72. The molecule has 0 saturated heterocycles. The summed E-state index contributed by atoms with van der Waals surface area (Å²) in [5, 5.41) is 0. The Morgan fingerprint density at radius 3 is 2.90 bits per heavy atom. The Morgan fingerprint density at radius 1 is 1.80 bits per heavy atom. The molecule has 1 heterocycles. The smallest absolute Gasteiger partial charge is 0.151 e. The van der Waals surface area contributed by atoms with E-state index in [-0.39, 0.29) is 10.6 Å². The van der Waals surface area contributed by atoms with Gasteiger partial charge < -0.3 is 4.42 Å². The van der Waals surface area contributed by atoms with Gasteiger partial charge in [0.05, 0.1) is 6.26 Å². The molecule has 3 heteroatoms. The van der Waals surface area contributed by atoms with Gasteiger partial charge in [0, 0.05) is 0 Å². The molecule has 1 aromatic rings. The first-order valence-electron chi connectivity index (χ1n) is 2.89.